The van der Waals surface area contributed by atoms with Crippen molar-refractivity contribution < 1.29 is 9.84 Å². The van der Waals surface area contributed by atoms with Gasteiger partial charge in [0.15, 0.2) is 0 Å². The van der Waals surface area contributed by atoms with E-state index in [0.717, 1.165) is 16.9 Å². The van der Waals surface area contributed by atoms with Crippen LogP contribution in [0.15, 0.2) is 18.2 Å². The molecule has 0 heterocycles. The van der Waals surface area contributed by atoms with Crippen molar-refractivity contribution in [2.45, 2.75) is 19.4 Å². The molecule has 0 spiro atoms. The molecule has 1 atom stereocenters. The number of methoxy groups -OCH3 is 1. The van der Waals surface area contributed by atoms with Crippen LogP contribution in [0.2, 0.25) is 0 Å². The van der Waals surface area contributed by atoms with E-state index in [4.69, 9.17) is 16.3 Å². The molecule has 1 aromatic rings. The van der Waals surface area contributed by atoms with Crippen LogP contribution in [0.3, 0.4) is 0 Å². The van der Waals surface area contributed by atoms with Gasteiger partial charge in [-0.1, -0.05) is 17.7 Å². The van der Waals surface area contributed by atoms with Crippen molar-refractivity contribution in [3.8, 4) is 5.75 Å². The normalized spacial score (nSPS) is 12.6. The summed E-state index contributed by atoms with van der Waals surface area (Å²) >= 11 is 5.55. The predicted molar refractivity (Wildman–Crippen MR) is 58.2 cm³/mol. The van der Waals surface area contributed by atoms with E-state index in [1.807, 2.05) is 25.1 Å². The quantitative estimate of drug-likeness (QED) is 0.779. The third kappa shape index (κ3) is 2.89. The SMILES string of the molecule is COc1ccc(C)cc1CC(O)CCl. The van der Waals surface area contributed by atoms with Gasteiger partial charge in [-0.25, -0.2) is 0 Å². The van der Waals surface area contributed by atoms with Gasteiger partial charge >= 0.3 is 0 Å². The summed E-state index contributed by atoms with van der Waals surface area (Å²) in [4.78, 5) is 0. The molecule has 0 saturated heterocycles. The number of aliphatic hydroxyl groups is 1. The van der Waals surface area contributed by atoms with Crippen LogP contribution in [0.5, 0.6) is 5.75 Å². The van der Waals surface area contributed by atoms with Crippen LogP contribution in [-0.2, 0) is 6.42 Å². The number of halogens is 1. The van der Waals surface area contributed by atoms with Gasteiger partial charge in [0.1, 0.15) is 5.75 Å². The summed E-state index contributed by atoms with van der Waals surface area (Å²) in [6.45, 7) is 2.01. The highest BCUT2D eigenvalue weighted by atomic mass is 35.5. The first-order valence-electron chi connectivity index (χ1n) is 4.55. The van der Waals surface area contributed by atoms with Gasteiger partial charge in [0, 0.05) is 12.3 Å². The summed E-state index contributed by atoms with van der Waals surface area (Å²) < 4.78 is 5.19. The van der Waals surface area contributed by atoms with E-state index in [2.05, 4.69) is 0 Å². The van der Waals surface area contributed by atoms with E-state index >= 15 is 0 Å². The topological polar surface area (TPSA) is 29.5 Å². The highest BCUT2D eigenvalue weighted by molar-refractivity contribution is 6.18. The van der Waals surface area contributed by atoms with E-state index in [1.54, 1.807) is 7.11 Å². The fourth-order valence-electron chi connectivity index (χ4n) is 1.38. The first kappa shape index (κ1) is 11.3. The van der Waals surface area contributed by atoms with Crippen LogP contribution in [-0.4, -0.2) is 24.2 Å². The molecular weight excluding hydrogens is 200 g/mol. The van der Waals surface area contributed by atoms with Crippen LogP contribution in [0.25, 0.3) is 0 Å². The maximum absolute atomic E-state index is 9.43. The van der Waals surface area contributed by atoms with Gasteiger partial charge in [-0.15, -0.1) is 11.6 Å². The largest absolute Gasteiger partial charge is 0.496 e. The van der Waals surface area contributed by atoms with E-state index in [9.17, 15) is 5.11 Å². The second-order valence-corrected chi connectivity index (χ2v) is 3.64. The second-order valence-electron chi connectivity index (χ2n) is 3.33. The summed E-state index contributed by atoms with van der Waals surface area (Å²) in [6.07, 6.45) is 0.0290. The van der Waals surface area contributed by atoms with Crippen molar-refractivity contribution in [2.75, 3.05) is 13.0 Å². The third-order valence-electron chi connectivity index (χ3n) is 2.07. The van der Waals surface area contributed by atoms with Gasteiger partial charge in [0.05, 0.1) is 13.2 Å². The third-order valence-corrected chi connectivity index (χ3v) is 2.43. The van der Waals surface area contributed by atoms with Gasteiger partial charge < -0.3 is 9.84 Å². The zero-order valence-corrected chi connectivity index (χ0v) is 9.21. The molecule has 0 bridgehead atoms. The number of hydrogen-bond donors (Lipinski definition) is 1. The van der Waals surface area contributed by atoms with Crippen molar-refractivity contribution in [2.24, 2.45) is 0 Å². The summed E-state index contributed by atoms with van der Waals surface area (Å²) in [5, 5.41) is 9.43. The Bertz CT molecular complexity index is 299. The fraction of sp³-hybridized carbons (Fsp3) is 0.455. The van der Waals surface area contributed by atoms with Gasteiger partial charge in [0.25, 0.3) is 0 Å². The van der Waals surface area contributed by atoms with Crippen LogP contribution >= 0.6 is 11.6 Å². The van der Waals surface area contributed by atoms with Gasteiger partial charge in [-0.3, -0.25) is 0 Å². The molecule has 0 aliphatic heterocycles. The average Bonchev–Trinajstić information content (AvgIpc) is 2.18. The molecule has 0 fully saturated rings. The molecule has 0 aromatic heterocycles. The second kappa shape index (κ2) is 5.23. The van der Waals surface area contributed by atoms with Crippen LogP contribution in [0.4, 0.5) is 0 Å². The number of aryl methyl sites for hydroxylation is 1. The molecule has 0 saturated carbocycles. The highest BCUT2D eigenvalue weighted by Gasteiger charge is 2.08. The van der Waals surface area contributed by atoms with Crippen LogP contribution in [0, 0.1) is 6.92 Å². The zero-order valence-electron chi connectivity index (χ0n) is 8.46. The van der Waals surface area contributed by atoms with Crippen molar-refractivity contribution in [1.29, 1.82) is 0 Å². The maximum Gasteiger partial charge on any atom is 0.122 e. The predicted octanol–water partition coefficient (Wildman–Crippen LogP) is 2.15. The molecule has 1 unspecified atom stereocenters. The molecule has 0 aliphatic carbocycles. The number of aliphatic hydroxyl groups excluding tert-OH is 1. The van der Waals surface area contributed by atoms with E-state index in [-0.39, 0.29) is 5.88 Å². The average molecular weight is 215 g/mol. The molecular formula is C11H15ClO2. The Morgan fingerprint density at radius 2 is 2.21 bits per heavy atom. The van der Waals surface area contributed by atoms with E-state index in [0.29, 0.717) is 6.42 Å². The Labute approximate surface area is 89.5 Å². The molecule has 1 aromatic carbocycles. The Morgan fingerprint density at radius 1 is 1.50 bits per heavy atom. The molecule has 14 heavy (non-hydrogen) atoms. The molecule has 2 nitrogen and oxygen atoms in total. The Balaban J connectivity index is 2.87. The molecule has 78 valence electrons. The summed E-state index contributed by atoms with van der Waals surface area (Å²) in [5.41, 5.74) is 2.16. The standard InChI is InChI=1S/C11H15ClO2/c1-8-3-4-11(14-2)9(5-8)6-10(13)7-12/h3-5,10,13H,6-7H2,1-2H3. The minimum Gasteiger partial charge on any atom is -0.496 e. The minimum absolute atomic E-state index is 0.247. The lowest BCUT2D eigenvalue weighted by Gasteiger charge is -2.11. The van der Waals surface area contributed by atoms with Crippen LogP contribution < -0.4 is 4.74 Å². The number of alkyl halides is 1. The number of hydrogen-bond acceptors (Lipinski definition) is 2. The first-order chi connectivity index (χ1) is 6.67. The fourth-order valence-corrected chi connectivity index (χ4v) is 1.48. The summed E-state index contributed by atoms with van der Waals surface area (Å²) in [6, 6.07) is 5.90. The number of benzene rings is 1. The van der Waals surface area contributed by atoms with E-state index in [1.165, 1.54) is 0 Å². The lowest BCUT2D eigenvalue weighted by Crippen LogP contribution is -2.12. The zero-order chi connectivity index (χ0) is 10.6. The van der Waals surface area contributed by atoms with Crippen molar-refractivity contribution in [1.82, 2.24) is 0 Å². The molecule has 1 N–H and O–H groups in total. The smallest absolute Gasteiger partial charge is 0.122 e. The molecule has 3 heteroatoms. The van der Waals surface area contributed by atoms with E-state index < -0.39 is 6.10 Å². The van der Waals surface area contributed by atoms with Gasteiger partial charge in [-0.05, 0) is 18.6 Å². The number of ether oxygens (including phenoxy) is 1. The lowest BCUT2D eigenvalue weighted by molar-refractivity contribution is 0.197. The Morgan fingerprint density at radius 3 is 2.79 bits per heavy atom. The lowest BCUT2D eigenvalue weighted by atomic mass is 10.0. The van der Waals surface area contributed by atoms with Crippen molar-refractivity contribution in [3.05, 3.63) is 29.3 Å². The molecule has 0 amide bonds. The molecule has 0 radical (unpaired) electrons. The minimum atomic E-state index is -0.507. The highest BCUT2D eigenvalue weighted by Crippen LogP contribution is 2.21. The summed E-state index contributed by atoms with van der Waals surface area (Å²) in [7, 11) is 1.63. The molecule has 0 aliphatic rings. The summed E-state index contributed by atoms with van der Waals surface area (Å²) in [5.74, 6) is 1.05. The van der Waals surface area contributed by atoms with Crippen molar-refractivity contribution >= 4 is 11.6 Å². The van der Waals surface area contributed by atoms with Crippen LogP contribution in [0.1, 0.15) is 11.1 Å². The Kier molecular flexibility index (Phi) is 4.23. The van der Waals surface area contributed by atoms with Crippen molar-refractivity contribution in [3.63, 3.8) is 0 Å². The first-order valence-corrected chi connectivity index (χ1v) is 5.08. The Hall–Kier alpha value is -0.730. The number of rotatable bonds is 4. The van der Waals surface area contributed by atoms with Gasteiger partial charge in [-0.2, -0.15) is 0 Å². The van der Waals surface area contributed by atoms with Gasteiger partial charge in [0.2, 0.25) is 0 Å². The maximum atomic E-state index is 9.43. The molecule has 1 rings (SSSR count). The monoisotopic (exact) mass is 214 g/mol.